The highest BCUT2D eigenvalue weighted by Crippen LogP contribution is 2.20. The average Bonchev–Trinajstić information content (AvgIpc) is 3.37. The van der Waals surface area contributed by atoms with Gasteiger partial charge in [0.2, 0.25) is 23.6 Å². The second kappa shape index (κ2) is 15.9. The number of hydrogen-bond acceptors (Lipinski definition) is 8. The van der Waals surface area contributed by atoms with Crippen LogP contribution < -0.4 is 27.4 Å². The third-order valence-corrected chi connectivity index (χ3v) is 7.14. The number of carboxylic acid groups (broad SMARTS) is 1. The van der Waals surface area contributed by atoms with Crippen LogP contribution in [0.5, 0.6) is 0 Å². The van der Waals surface area contributed by atoms with Crippen LogP contribution in [0.4, 0.5) is 0 Å². The molecule has 222 valence electrons. The molecule has 0 aliphatic carbocycles. The predicted molar refractivity (Wildman–Crippen MR) is 146 cm³/mol. The number of aliphatic hydroxyl groups excluding tert-OH is 1. The van der Waals surface area contributed by atoms with Gasteiger partial charge in [-0.25, -0.2) is 4.79 Å². The molecule has 0 bridgehead atoms. The molecule has 1 heterocycles. The minimum atomic E-state index is -1.48. The summed E-state index contributed by atoms with van der Waals surface area (Å²) in [5.41, 5.74) is 12.0. The van der Waals surface area contributed by atoms with Gasteiger partial charge in [0.05, 0.1) is 25.1 Å². The molecule has 0 spiro atoms. The van der Waals surface area contributed by atoms with Gasteiger partial charge in [0, 0.05) is 12.6 Å². The Morgan fingerprint density at radius 1 is 1.07 bits per heavy atom. The summed E-state index contributed by atoms with van der Waals surface area (Å²) < 4.78 is 0. The molecule has 1 saturated heterocycles. The summed E-state index contributed by atoms with van der Waals surface area (Å²) >= 11 is 0. The van der Waals surface area contributed by atoms with E-state index in [0.717, 1.165) is 12.0 Å². The quantitative estimate of drug-likeness (QED) is 0.124. The SMILES string of the molecule is CC[C@H](C)[C@H](NC(=O)[C@@H]1CCCN1C[C@H](Cc1ccccc1)NC(=O)[C@@H](N)CC(N)=O)C(=O)N[C@@H](CO)C(=O)O. The Bertz CT molecular complexity index is 1020. The topological polar surface area (TPSA) is 217 Å². The van der Waals surface area contributed by atoms with Crippen molar-refractivity contribution in [1.29, 1.82) is 0 Å². The van der Waals surface area contributed by atoms with Crippen molar-refractivity contribution in [2.45, 2.75) is 76.2 Å². The van der Waals surface area contributed by atoms with Crippen LogP contribution >= 0.6 is 0 Å². The number of nitrogens with zero attached hydrogens (tertiary/aromatic N) is 1. The van der Waals surface area contributed by atoms with E-state index in [0.29, 0.717) is 32.4 Å². The van der Waals surface area contributed by atoms with E-state index in [-0.39, 0.29) is 18.2 Å². The standard InChI is InChI=1S/C27H42N6O7/c1-3-16(2)23(26(38)31-20(15-34)27(39)40)32-25(37)21-10-7-11-33(21)14-18(12-17-8-5-4-6-9-17)30-24(36)19(28)13-22(29)35/h4-6,8-9,16,18-21,23,34H,3,7,10-15,28H2,1-2H3,(H2,29,35)(H,30,36)(H,31,38)(H,32,37)(H,39,40)/t16-,18-,19-,20-,21-,23-/m0/s1. The molecule has 1 aromatic rings. The Kier molecular flexibility index (Phi) is 13.0. The molecule has 1 fully saturated rings. The molecule has 40 heavy (non-hydrogen) atoms. The highest BCUT2D eigenvalue weighted by atomic mass is 16.4. The number of aliphatic hydroxyl groups is 1. The lowest BCUT2D eigenvalue weighted by molar-refractivity contribution is -0.143. The molecule has 0 unspecified atom stereocenters. The van der Waals surface area contributed by atoms with Crippen molar-refractivity contribution in [1.82, 2.24) is 20.9 Å². The summed E-state index contributed by atoms with van der Waals surface area (Å²) in [5.74, 6) is -3.97. The molecule has 13 nitrogen and oxygen atoms in total. The lowest BCUT2D eigenvalue weighted by Gasteiger charge is -2.31. The van der Waals surface area contributed by atoms with Crippen LogP contribution in [-0.2, 0) is 30.4 Å². The maximum absolute atomic E-state index is 13.4. The number of carbonyl (C=O) groups excluding carboxylic acids is 4. The number of aliphatic carboxylic acids is 1. The number of benzene rings is 1. The number of primary amides is 1. The van der Waals surface area contributed by atoms with Crippen molar-refractivity contribution in [3.05, 3.63) is 35.9 Å². The van der Waals surface area contributed by atoms with Crippen LogP contribution in [0.2, 0.25) is 0 Å². The lowest BCUT2D eigenvalue weighted by Crippen LogP contribution is -2.58. The zero-order valence-electron chi connectivity index (χ0n) is 23.0. The monoisotopic (exact) mass is 562 g/mol. The van der Waals surface area contributed by atoms with Gasteiger partial charge < -0.3 is 37.6 Å². The fraction of sp³-hybridized carbons (Fsp3) is 0.593. The molecule has 0 radical (unpaired) electrons. The van der Waals surface area contributed by atoms with Crippen LogP contribution in [0.3, 0.4) is 0 Å². The van der Waals surface area contributed by atoms with Crippen molar-refractivity contribution >= 4 is 29.6 Å². The van der Waals surface area contributed by atoms with Crippen LogP contribution in [0.1, 0.15) is 45.1 Å². The highest BCUT2D eigenvalue weighted by Gasteiger charge is 2.36. The van der Waals surface area contributed by atoms with Crippen molar-refractivity contribution < 1.29 is 34.2 Å². The molecule has 6 atom stereocenters. The van der Waals surface area contributed by atoms with Crippen molar-refractivity contribution in [2.24, 2.45) is 17.4 Å². The average molecular weight is 563 g/mol. The molecule has 1 aliphatic heterocycles. The van der Waals surface area contributed by atoms with Crippen LogP contribution in [-0.4, -0.2) is 94.6 Å². The number of carbonyl (C=O) groups is 5. The minimum absolute atomic E-state index is 0.295. The fourth-order valence-electron chi connectivity index (χ4n) is 4.70. The Morgan fingerprint density at radius 2 is 1.75 bits per heavy atom. The van der Waals surface area contributed by atoms with E-state index in [1.807, 2.05) is 42.2 Å². The summed E-state index contributed by atoms with van der Waals surface area (Å²) in [6.45, 7) is 3.73. The van der Waals surface area contributed by atoms with E-state index in [1.54, 1.807) is 6.92 Å². The molecule has 0 saturated carbocycles. The second-order valence-electron chi connectivity index (χ2n) is 10.3. The van der Waals surface area contributed by atoms with E-state index in [1.165, 1.54) is 0 Å². The van der Waals surface area contributed by atoms with E-state index < -0.39 is 60.5 Å². The number of nitrogens with two attached hydrogens (primary N) is 2. The Labute approximate surface area is 234 Å². The van der Waals surface area contributed by atoms with Gasteiger partial charge in [-0.15, -0.1) is 0 Å². The van der Waals surface area contributed by atoms with E-state index in [9.17, 15) is 34.2 Å². The molecule has 13 heteroatoms. The van der Waals surface area contributed by atoms with Crippen LogP contribution in [0.15, 0.2) is 30.3 Å². The predicted octanol–water partition coefficient (Wildman–Crippen LogP) is -1.53. The van der Waals surface area contributed by atoms with Crippen LogP contribution in [0, 0.1) is 5.92 Å². The zero-order chi connectivity index (χ0) is 29.8. The molecular weight excluding hydrogens is 520 g/mol. The van der Waals surface area contributed by atoms with E-state index in [4.69, 9.17) is 11.5 Å². The molecule has 1 aromatic carbocycles. The Hall–Kier alpha value is -3.55. The van der Waals surface area contributed by atoms with Gasteiger partial charge in [0.25, 0.3) is 0 Å². The summed E-state index contributed by atoms with van der Waals surface area (Å²) in [6, 6.07) is 4.88. The van der Waals surface area contributed by atoms with E-state index >= 15 is 0 Å². The van der Waals surface area contributed by atoms with Crippen molar-refractivity contribution in [2.75, 3.05) is 19.7 Å². The molecular formula is C27H42N6O7. The summed E-state index contributed by atoms with van der Waals surface area (Å²) in [6.07, 6.45) is 1.95. The van der Waals surface area contributed by atoms with Gasteiger partial charge in [-0.05, 0) is 37.3 Å². The largest absolute Gasteiger partial charge is 0.480 e. The highest BCUT2D eigenvalue weighted by molar-refractivity contribution is 5.92. The minimum Gasteiger partial charge on any atom is -0.480 e. The Morgan fingerprint density at radius 3 is 2.33 bits per heavy atom. The summed E-state index contributed by atoms with van der Waals surface area (Å²) in [5, 5.41) is 26.4. The summed E-state index contributed by atoms with van der Waals surface area (Å²) in [4.78, 5) is 63.5. The maximum Gasteiger partial charge on any atom is 0.328 e. The normalized spacial score (nSPS) is 19.1. The van der Waals surface area contributed by atoms with Gasteiger partial charge in [-0.2, -0.15) is 0 Å². The van der Waals surface area contributed by atoms with Gasteiger partial charge in [0.1, 0.15) is 12.1 Å². The third-order valence-electron chi connectivity index (χ3n) is 7.14. The lowest BCUT2D eigenvalue weighted by atomic mass is 9.97. The molecule has 4 amide bonds. The van der Waals surface area contributed by atoms with Crippen molar-refractivity contribution in [3.8, 4) is 0 Å². The summed E-state index contributed by atoms with van der Waals surface area (Å²) in [7, 11) is 0. The maximum atomic E-state index is 13.4. The smallest absolute Gasteiger partial charge is 0.328 e. The first-order valence-electron chi connectivity index (χ1n) is 13.5. The first kappa shape index (κ1) is 32.7. The number of likely N-dealkylation sites (tertiary alicyclic amines) is 1. The van der Waals surface area contributed by atoms with Crippen molar-refractivity contribution in [3.63, 3.8) is 0 Å². The number of carboxylic acids is 1. The first-order valence-corrected chi connectivity index (χ1v) is 13.5. The first-order chi connectivity index (χ1) is 19.0. The third kappa shape index (κ3) is 9.88. The zero-order valence-corrected chi connectivity index (χ0v) is 23.0. The Balaban J connectivity index is 2.17. The molecule has 0 aromatic heterocycles. The second-order valence-corrected chi connectivity index (χ2v) is 10.3. The number of rotatable bonds is 16. The molecule has 2 rings (SSSR count). The van der Waals surface area contributed by atoms with Gasteiger partial charge in [0.15, 0.2) is 0 Å². The fourth-order valence-corrected chi connectivity index (χ4v) is 4.70. The number of hydrogen-bond donors (Lipinski definition) is 7. The van der Waals surface area contributed by atoms with Crippen LogP contribution in [0.25, 0.3) is 0 Å². The van der Waals surface area contributed by atoms with Gasteiger partial charge >= 0.3 is 5.97 Å². The number of amides is 4. The van der Waals surface area contributed by atoms with E-state index in [2.05, 4.69) is 16.0 Å². The number of nitrogens with one attached hydrogen (secondary N) is 3. The molecule has 9 N–H and O–H groups in total. The van der Waals surface area contributed by atoms with Gasteiger partial charge in [-0.3, -0.25) is 24.1 Å². The molecule has 1 aliphatic rings. The van der Waals surface area contributed by atoms with Gasteiger partial charge in [-0.1, -0.05) is 50.6 Å².